The van der Waals surface area contributed by atoms with Crippen molar-refractivity contribution in [3.63, 3.8) is 0 Å². The van der Waals surface area contributed by atoms with Crippen molar-refractivity contribution in [2.45, 2.75) is 18.4 Å². The van der Waals surface area contributed by atoms with Crippen LogP contribution in [-0.2, 0) is 20.7 Å². The molecule has 1 aromatic carbocycles. The summed E-state index contributed by atoms with van der Waals surface area (Å²) in [5.41, 5.74) is 1.90. The lowest BCUT2D eigenvalue weighted by molar-refractivity contribution is -0.110. The van der Waals surface area contributed by atoms with E-state index in [4.69, 9.17) is 9.47 Å². The van der Waals surface area contributed by atoms with Gasteiger partial charge in [-0.2, -0.15) is 0 Å². The number of fused-ring (bicyclic) bond motifs is 1. The predicted molar refractivity (Wildman–Crippen MR) is 91.0 cm³/mol. The summed E-state index contributed by atoms with van der Waals surface area (Å²) in [5.74, 6) is -0.378. The Balaban J connectivity index is 1.78. The van der Waals surface area contributed by atoms with Gasteiger partial charge in [-0.05, 0) is 60.7 Å². The number of aryl methyl sites for hydroxylation is 1. The second-order valence-electron chi connectivity index (χ2n) is 5.82. The molecule has 1 N–H and O–H groups in total. The fourth-order valence-electron chi connectivity index (χ4n) is 2.86. The Morgan fingerprint density at radius 1 is 1.17 bits per heavy atom. The molecule has 0 aliphatic heterocycles. The third-order valence-corrected chi connectivity index (χ3v) is 4.32. The van der Waals surface area contributed by atoms with Gasteiger partial charge >= 0.3 is 5.97 Å². The molecule has 1 aliphatic carbocycles. The number of ketones is 1. The van der Waals surface area contributed by atoms with E-state index < -0.39 is 5.60 Å². The van der Waals surface area contributed by atoms with Crippen LogP contribution in [-0.4, -0.2) is 36.6 Å². The van der Waals surface area contributed by atoms with E-state index in [9.17, 15) is 9.59 Å². The highest BCUT2D eigenvalue weighted by Crippen LogP contribution is 2.26. The van der Waals surface area contributed by atoms with Crippen LogP contribution >= 0.6 is 0 Å². The summed E-state index contributed by atoms with van der Waals surface area (Å²) in [6.07, 6.45) is 8.13. The number of methoxy groups -OCH3 is 2. The summed E-state index contributed by atoms with van der Waals surface area (Å²) in [4.78, 5) is 26.2. The molecule has 5 nitrogen and oxygen atoms in total. The van der Waals surface area contributed by atoms with Crippen molar-refractivity contribution in [2.24, 2.45) is 0 Å². The molecule has 0 saturated heterocycles. The van der Waals surface area contributed by atoms with Crippen LogP contribution in [0.3, 0.4) is 0 Å². The van der Waals surface area contributed by atoms with Crippen LogP contribution in [0.15, 0.2) is 48.6 Å². The largest absolute Gasteiger partial charge is 0.465 e. The van der Waals surface area contributed by atoms with Gasteiger partial charge in [-0.3, -0.25) is 4.79 Å². The van der Waals surface area contributed by atoms with Gasteiger partial charge in [0.1, 0.15) is 5.60 Å². The Morgan fingerprint density at radius 2 is 1.92 bits per heavy atom. The molecule has 0 spiro atoms. The van der Waals surface area contributed by atoms with Crippen molar-refractivity contribution < 1.29 is 19.1 Å². The van der Waals surface area contributed by atoms with Gasteiger partial charge in [0, 0.05) is 18.3 Å². The molecule has 24 heavy (non-hydrogen) atoms. The van der Waals surface area contributed by atoms with Crippen molar-refractivity contribution in [3.8, 4) is 0 Å². The van der Waals surface area contributed by atoms with E-state index in [0.717, 1.165) is 23.0 Å². The smallest absolute Gasteiger partial charge is 0.337 e. The lowest BCUT2D eigenvalue weighted by Gasteiger charge is -2.27. The van der Waals surface area contributed by atoms with Gasteiger partial charge in [-0.25, -0.2) is 4.79 Å². The zero-order chi connectivity index (χ0) is 17.2. The number of hydrogen-bond acceptors (Lipinski definition) is 4. The Kier molecular flexibility index (Phi) is 4.36. The molecule has 0 unspecified atom stereocenters. The van der Waals surface area contributed by atoms with Crippen LogP contribution in [0.25, 0.3) is 10.9 Å². The van der Waals surface area contributed by atoms with E-state index >= 15 is 0 Å². The first-order valence-corrected chi connectivity index (χ1v) is 7.73. The summed E-state index contributed by atoms with van der Waals surface area (Å²) in [6.45, 7) is 0. The molecule has 124 valence electrons. The number of H-pyrrole nitrogens is 1. The average molecular weight is 325 g/mol. The number of hydrogen-bond donors (Lipinski definition) is 1. The third-order valence-electron chi connectivity index (χ3n) is 4.32. The second-order valence-corrected chi connectivity index (χ2v) is 5.82. The number of carbonyl (C=O) groups excluding carboxylic acids is 2. The molecule has 3 rings (SSSR count). The number of aromatic amines is 1. The molecule has 1 aromatic heterocycles. The highest BCUT2D eigenvalue weighted by Gasteiger charge is 2.26. The molecular weight excluding hydrogens is 306 g/mol. The molecular formula is C19H19NO4. The molecule has 1 heterocycles. The number of benzene rings is 1. The second kappa shape index (κ2) is 6.45. The first kappa shape index (κ1) is 16.2. The number of ether oxygens (including phenoxy) is 2. The lowest BCUT2D eigenvalue weighted by Crippen LogP contribution is -2.29. The van der Waals surface area contributed by atoms with Gasteiger partial charge in [-0.15, -0.1) is 0 Å². The van der Waals surface area contributed by atoms with Crippen molar-refractivity contribution in [1.29, 1.82) is 0 Å². The van der Waals surface area contributed by atoms with Crippen molar-refractivity contribution >= 4 is 22.7 Å². The highest BCUT2D eigenvalue weighted by atomic mass is 16.5. The van der Waals surface area contributed by atoms with Crippen LogP contribution in [0.5, 0.6) is 0 Å². The van der Waals surface area contributed by atoms with Crippen molar-refractivity contribution in [3.05, 3.63) is 59.8 Å². The summed E-state index contributed by atoms with van der Waals surface area (Å²) < 4.78 is 10.3. The van der Waals surface area contributed by atoms with Gasteiger partial charge < -0.3 is 14.5 Å². The lowest BCUT2D eigenvalue weighted by atomic mass is 9.91. The maximum Gasteiger partial charge on any atom is 0.337 e. The quantitative estimate of drug-likeness (QED) is 0.858. The fourth-order valence-corrected chi connectivity index (χ4v) is 2.86. The summed E-state index contributed by atoms with van der Waals surface area (Å²) in [6, 6.07) is 7.49. The zero-order valence-corrected chi connectivity index (χ0v) is 13.7. The van der Waals surface area contributed by atoms with E-state index in [1.165, 1.54) is 19.3 Å². The molecule has 0 atom stereocenters. The molecule has 5 heteroatoms. The zero-order valence-electron chi connectivity index (χ0n) is 13.7. The first-order valence-electron chi connectivity index (χ1n) is 7.73. The van der Waals surface area contributed by atoms with E-state index in [-0.39, 0.29) is 11.8 Å². The van der Waals surface area contributed by atoms with Crippen LogP contribution < -0.4 is 0 Å². The monoisotopic (exact) mass is 325 g/mol. The van der Waals surface area contributed by atoms with Crippen LogP contribution in [0.4, 0.5) is 0 Å². The molecule has 0 amide bonds. The van der Waals surface area contributed by atoms with E-state index in [1.807, 2.05) is 6.07 Å². The van der Waals surface area contributed by atoms with Crippen LogP contribution in [0.1, 0.15) is 22.5 Å². The average Bonchev–Trinajstić information content (AvgIpc) is 3.03. The number of nitrogens with one attached hydrogen (secondary N) is 1. The number of aromatic nitrogens is 1. The van der Waals surface area contributed by atoms with E-state index in [0.29, 0.717) is 12.0 Å². The Morgan fingerprint density at radius 3 is 2.58 bits per heavy atom. The molecule has 0 bridgehead atoms. The maximum absolute atomic E-state index is 11.6. The maximum atomic E-state index is 11.6. The van der Waals surface area contributed by atoms with Gasteiger partial charge in [-0.1, -0.05) is 6.07 Å². The topological polar surface area (TPSA) is 68.4 Å². The number of carbonyl (C=O) groups is 2. The van der Waals surface area contributed by atoms with Crippen LogP contribution in [0, 0.1) is 0 Å². The Hall–Kier alpha value is -2.66. The molecule has 0 fully saturated rings. The Labute approximate surface area is 140 Å². The third kappa shape index (κ3) is 3.16. The minimum absolute atomic E-state index is 0.0244. The van der Waals surface area contributed by atoms with E-state index in [2.05, 4.69) is 11.1 Å². The summed E-state index contributed by atoms with van der Waals surface area (Å²) >= 11 is 0. The van der Waals surface area contributed by atoms with Gasteiger partial charge in [0.05, 0.1) is 12.7 Å². The SMILES string of the molecule is COC(=O)c1ccc2cc(CCC3(OC)C=CC(=O)C=C3)[nH]c2c1. The molecule has 2 aromatic rings. The first-order chi connectivity index (χ1) is 11.5. The van der Waals surface area contributed by atoms with Gasteiger partial charge in [0.15, 0.2) is 5.78 Å². The van der Waals surface area contributed by atoms with Crippen molar-refractivity contribution in [2.75, 3.05) is 14.2 Å². The minimum Gasteiger partial charge on any atom is -0.465 e. The molecule has 0 radical (unpaired) electrons. The summed E-state index contributed by atoms with van der Waals surface area (Å²) in [5, 5.41) is 1.04. The normalized spacial score (nSPS) is 15.8. The Bertz CT molecular complexity index is 828. The van der Waals surface area contributed by atoms with Gasteiger partial charge in [0.2, 0.25) is 0 Å². The van der Waals surface area contributed by atoms with Gasteiger partial charge in [0.25, 0.3) is 0 Å². The van der Waals surface area contributed by atoms with Crippen molar-refractivity contribution in [1.82, 2.24) is 4.98 Å². The molecule has 0 saturated carbocycles. The van der Waals surface area contributed by atoms with Crippen LogP contribution in [0.2, 0.25) is 0 Å². The molecule has 1 aliphatic rings. The minimum atomic E-state index is -0.553. The highest BCUT2D eigenvalue weighted by molar-refractivity contribution is 6.00. The fraction of sp³-hybridized carbons (Fsp3) is 0.263. The predicted octanol–water partition coefficient (Wildman–Crippen LogP) is 2.97. The van der Waals surface area contributed by atoms with E-state index in [1.54, 1.807) is 31.4 Å². The number of allylic oxidation sites excluding steroid dienone is 2. The summed E-state index contributed by atoms with van der Waals surface area (Å²) in [7, 11) is 3.01. The number of rotatable bonds is 5. The standard InChI is InChI=1S/C19H19NO4/c1-23-18(22)14-4-3-13-11-15(20-17(13)12-14)5-8-19(24-2)9-6-16(21)7-10-19/h3-4,6-7,9-12,20H,5,8H2,1-2H3. The number of esters is 1.